The van der Waals surface area contributed by atoms with Crippen molar-refractivity contribution >= 4 is 21.6 Å². The molecule has 1 aliphatic carbocycles. The highest BCUT2D eigenvalue weighted by Crippen LogP contribution is 2.45. The molecule has 2 aromatic carbocycles. The second-order valence-electron chi connectivity index (χ2n) is 4.10. The number of anilines is 1. The molecule has 0 bridgehead atoms. The van der Waals surface area contributed by atoms with Gasteiger partial charge in [0.2, 0.25) is 0 Å². The molecule has 0 fully saturated rings. The minimum absolute atomic E-state index is 0.345. The third-order valence-electron chi connectivity index (χ3n) is 3.06. The summed E-state index contributed by atoms with van der Waals surface area (Å²) in [5, 5.41) is 10.1. The molecule has 0 unspecified atom stereocenters. The Morgan fingerprint density at radius 3 is 2.59 bits per heavy atom. The third-order valence-corrected chi connectivity index (χ3v) is 3.75. The Bertz CT molecular complexity index is 627. The molecule has 0 saturated heterocycles. The minimum atomic E-state index is -0.800. The van der Waals surface area contributed by atoms with Gasteiger partial charge in [-0.25, -0.2) is 4.39 Å². The van der Waals surface area contributed by atoms with Gasteiger partial charge in [0.25, 0.3) is 0 Å². The molecule has 2 aromatic rings. The molecule has 0 heterocycles. The number of halogens is 2. The molecular formula is C13H9BrFNO. The van der Waals surface area contributed by atoms with E-state index in [0.717, 1.165) is 21.2 Å². The Hall–Kier alpha value is -1.39. The number of fused-ring (bicyclic) bond motifs is 3. The number of nitrogen functional groups attached to an aromatic ring is 1. The Morgan fingerprint density at radius 1 is 1.12 bits per heavy atom. The zero-order chi connectivity index (χ0) is 12.2. The van der Waals surface area contributed by atoms with Gasteiger partial charge in [-0.1, -0.05) is 6.07 Å². The van der Waals surface area contributed by atoms with Crippen LogP contribution < -0.4 is 5.73 Å². The van der Waals surface area contributed by atoms with Gasteiger partial charge < -0.3 is 10.8 Å². The molecule has 1 aliphatic rings. The number of hydrogen-bond donors (Lipinski definition) is 2. The van der Waals surface area contributed by atoms with Gasteiger partial charge in [-0.2, -0.15) is 0 Å². The quantitative estimate of drug-likeness (QED) is 0.733. The highest BCUT2D eigenvalue weighted by atomic mass is 79.9. The van der Waals surface area contributed by atoms with Gasteiger partial charge in [-0.05, 0) is 62.4 Å². The average molecular weight is 294 g/mol. The van der Waals surface area contributed by atoms with Crippen LogP contribution in [0, 0.1) is 5.82 Å². The van der Waals surface area contributed by atoms with E-state index in [9.17, 15) is 9.50 Å². The van der Waals surface area contributed by atoms with E-state index >= 15 is 0 Å². The molecule has 3 rings (SSSR count). The largest absolute Gasteiger partial charge is 0.398 e. The summed E-state index contributed by atoms with van der Waals surface area (Å²) in [7, 11) is 0. The Morgan fingerprint density at radius 2 is 1.82 bits per heavy atom. The zero-order valence-corrected chi connectivity index (χ0v) is 10.3. The van der Waals surface area contributed by atoms with Crippen molar-refractivity contribution in [2.24, 2.45) is 0 Å². The van der Waals surface area contributed by atoms with E-state index in [4.69, 9.17) is 5.73 Å². The second-order valence-corrected chi connectivity index (χ2v) is 4.95. The number of hydrogen-bond acceptors (Lipinski definition) is 2. The van der Waals surface area contributed by atoms with Gasteiger partial charge in [0.1, 0.15) is 11.9 Å². The number of aliphatic hydroxyl groups excluding tert-OH is 1. The molecule has 4 heteroatoms. The molecule has 0 radical (unpaired) electrons. The molecule has 86 valence electrons. The molecule has 1 atom stereocenters. The van der Waals surface area contributed by atoms with Crippen LogP contribution in [-0.2, 0) is 0 Å². The first-order valence-corrected chi connectivity index (χ1v) is 5.94. The minimum Gasteiger partial charge on any atom is -0.398 e. The Balaban J connectivity index is 2.31. The Labute approximate surface area is 106 Å². The predicted molar refractivity (Wildman–Crippen MR) is 68.0 cm³/mol. The van der Waals surface area contributed by atoms with Crippen LogP contribution >= 0.6 is 15.9 Å². The monoisotopic (exact) mass is 293 g/mol. The van der Waals surface area contributed by atoms with E-state index in [2.05, 4.69) is 15.9 Å². The highest BCUT2D eigenvalue weighted by molar-refractivity contribution is 9.10. The van der Waals surface area contributed by atoms with E-state index in [1.165, 1.54) is 12.1 Å². The van der Waals surface area contributed by atoms with Crippen LogP contribution in [0.25, 0.3) is 11.1 Å². The maximum Gasteiger partial charge on any atom is 0.123 e. The van der Waals surface area contributed by atoms with Crippen LogP contribution in [0.5, 0.6) is 0 Å². The molecule has 3 N–H and O–H groups in total. The van der Waals surface area contributed by atoms with Gasteiger partial charge in [-0.15, -0.1) is 0 Å². The van der Waals surface area contributed by atoms with Crippen LogP contribution in [0.15, 0.2) is 34.8 Å². The topological polar surface area (TPSA) is 46.2 Å². The van der Waals surface area contributed by atoms with Crippen molar-refractivity contribution in [2.75, 3.05) is 5.73 Å². The van der Waals surface area contributed by atoms with Crippen molar-refractivity contribution in [3.8, 4) is 11.1 Å². The van der Waals surface area contributed by atoms with Crippen molar-refractivity contribution < 1.29 is 9.50 Å². The van der Waals surface area contributed by atoms with Crippen molar-refractivity contribution in [2.45, 2.75) is 6.10 Å². The summed E-state index contributed by atoms with van der Waals surface area (Å²) >= 11 is 3.35. The first-order valence-electron chi connectivity index (χ1n) is 5.14. The van der Waals surface area contributed by atoms with E-state index in [1.54, 1.807) is 12.1 Å². The van der Waals surface area contributed by atoms with Gasteiger partial charge in [-0.3, -0.25) is 0 Å². The van der Waals surface area contributed by atoms with Crippen molar-refractivity contribution in [1.82, 2.24) is 0 Å². The van der Waals surface area contributed by atoms with Gasteiger partial charge in [0, 0.05) is 10.2 Å². The summed E-state index contributed by atoms with van der Waals surface area (Å²) in [5.41, 5.74) is 9.43. The number of rotatable bonds is 0. The maximum absolute atomic E-state index is 13.2. The Kier molecular flexibility index (Phi) is 2.24. The molecule has 0 spiro atoms. The smallest absolute Gasteiger partial charge is 0.123 e. The zero-order valence-electron chi connectivity index (χ0n) is 8.74. The molecule has 0 saturated carbocycles. The standard InChI is InChI=1S/C13H9BrFNO/c14-11-4-8-7-2-1-6(15)3-9(7)13(17)10(8)5-12(11)16/h1-5,13,17H,16H2/t13-/m1/s1. The van der Waals surface area contributed by atoms with Gasteiger partial charge >= 0.3 is 0 Å². The van der Waals surface area contributed by atoms with E-state index in [-0.39, 0.29) is 5.82 Å². The predicted octanol–water partition coefficient (Wildman–Crippen LogP) is 3.23. The van der Waals surface area contributed by atoms with Crippen LogP contribution in [0.3, 0.4) is 0 Å². The molecule has 2 nitrogen and oxygen atoms in total. The number of aliphatic hydroxyl groups is 1. The van der Waals surface area contributed by atoms with Crippen LogP contribution in [0.1, 0.15) is 17.2 Å². The summed E-state index contributed by atoms with van der Waals surface area (Å²) in [6.07, 6.45) is -0.800. The fraction of sp³-hybridized carbons (Fsp3) is 0.0769. The number of benzene rings is 2. The molecular weight excluding hydrogens is 285 g/mol. The fourth-order valence-corrected chi connectivity index (χ4v) is 2.58. The summed E-state index contributed by atoms with van der Waals surface area (Å²) in [5.74, 6) is -0.345. The van der Waals surface area contributed by atoms with Gasteiger partial charge in [0.15, 0.2) is 0 Å². The summed E-state index contributed by atoms with van der Waals surface area (Å²) in [6, 6.07) is 8.02. The van der Waals surface area contributed by atoms with E-state index < -0.39 is 6.10 Å². The lowest BCUT2D eigenvalue weighted by Crippen LogP contribution is -1.96. The van der Waals surface area contributed by atoms with Crippen LogP contribution in [-0.4, -0.2) is 5.11 Å². The normalized spacial score (nSPS) is 16.8. The summed E-state index contributed by atoms with van der Waals surface area (Å²) in [6.45, 7) is 0. The lowest BCUT2D eigenvalue weighted by molar-refractivity contribution is 0.225. The van der Waals surface area contributed by atoms with Gasteiger partial charge in [0.05, 0.1) is 0 Å². The number of nitrogens with two attached hydrogens (primary N) is 1. The first-order chi connectivity index (χ1) is 8.08. The average Bonchev–Trinajstić information content (AvgIpc) is 2.54. The second kappa shape index (κ2) is 3.55. The van der Waals surface area contributed by atoms with Crippen molar-refractivity contribution in [3.05, 3.63) is 51.7 Å². The highest BCUT2D eigenvalue weighted by Gasteiger charge is 2.28. The van der Waals surface area contributed by atoms with Crippen LogP contribution in [0.2, 0.25) is 0 Å². The lowest BCUT2D eigenvalue weighted by Gasteiger charge is -2.07. The SMILES string of the molecule is Nc1cc2c(cc1Br)-c1ccc(F)cc1[C@H]2O. The van der Waals surface area contributed by atoms with E-state index in [0.29, 0.717) is 11.3 Å². The third kappa shape index (κ3) is 1.48. The molecule has 0 aromatic heterocycles. The first kappa shape index (κ1) is 10.7. The van der Waals surface area contributed by atoms with Crippen molar-refractivity contribution in [1.29, 1.82) is 0 Å². The maximum atomic E-state index is 13.2. The molecule has 0 aliphatic heterocycles. The van der Waals surface area contributed by atoms with Crippen LogP contribution in [0.4, 0.5) is 10.1 Å². The lowest BCUT2D eigenvalue weighted by atomic mass is 10.1. The van der Waals surface area contributed by atoms with E-state index in [1.807, 2.05) is 6.07 Å². The van der Waals surface area contributed by atoms with Crippen molar-refractivity contribution in [3.63, 3.8) is 0 Å². The molecule has 0 amide bonds. The fourth-order valence-electron chi connectivity index (χ4n) is 2.24. The summed E-state index contributed by atoms with van der Waals surface area (Å²) in [4.78, 5) is 0. The molecule has 17 heavy (non-hydrogen) atoms. The summed E-state index contributed by atoms with van der Waals surface area (Å²) < 4.78 is 14.0.